The maximum absolute atomic E-state index is 13.8. The van der Waals surface area contributed by atoms with E-state index in [-0.39, 0.29) is 5.91 Å². The van der Waals surface area contributed by atoms with Gasteiger partial charge in [-0.15, -0.1) is 0 Å². The largest absolute Gasteiger partial charge is 0.394 e. The van der Waals surface area contributed by atoms with Crippen molar-refractivity contribution >= 4 is 11.8 Å². The lowest BCUT2D eigenvalue weighted by Crippen LogP contribution is -2.69. The molecule has 0 bridgehead atoms. The van der Waals surface area contributed by atoms with Crippen LogP contribution in [0.15, 0.2) is 0 Å². The van der Waals surface area contributed by atoms with Crippen molar-refractivity contribution in [2.24, 2.45) is 5.73 Å². The summed E-state index contributed by atoms with van der Waals surface area (Å²) in [5, 5.41) is 34.4. The van der Waals surface area contributed by atoms with Gasteiger partial charge in [0.15, 0.2) is 6.23 Å². The number of hydrogen-bond donors (Lipinski definition) is 5. The van der Waals surface area contributed by atoms with Crippen LogP contribution in [0.4, 0.5) is 0 Å². The summed E-state index contributed by atoms with van der Waals surface area (Å²) in [7, 11) is 0. The molecule has 54 heavy (non-hydrogen) atoms. The van der Waals surface area contributed by atoms with Crippen LogP contribution in [0.2, 0.25) is 0 Å². The minimum Gasteiger partial charge on any atom is -0.394 e. The molecule has 0 aromatic heterocycles. The second kappa shape index (κ2) is 34.9. The number of unbranched alkanes of at least 4 members (excludes halogenated alkanes) is 29. The Balaban J connectivity index is 2.53. The summed E-state index contributed by atoms with van der Waals surface area (Å²) < 4.78 is 6.09. The van der Waals surface area contributed by atoms with Crippen LogP contribution in [-0.4, -0.2) is 81.8 Å². The number of aliphatic hydroxyl groups is 3. The second-order valence-electron chi connectivity index (χ2n) is 16.6. The molecule has 6 N–H and O–H groups in total. The Hall–Kier alpha value is -1.26. The number of ether oxygens (including phenoxy) is 1. The van der Waals surface area contributed by atoms with Crippen LogP contribution in [-0.2, 0) is 14.3 Å². The molecule has 1 fully saturated rings. The van der Waals surface area contributed by atoms with Crippen molar-refractivity contribution in [1.82, 2.24) is 10.2 Å². The normalized spacial score (nSPS) is 20.6. The molecule has 2 amide bonds. The molecule has 6 atom stereocenters. The summed E-state index contributed by atoms with van der Waals surface area (Å²) in [5.74, 6) is -0.588. The molecule has 1 heterocycles. The van der Waals surface area contributed by atoms with Crippen LogP contribution in [0, 0.1) is 0 Å². The third-order valence-corrected chi connectivity index (χ3v) is 11.5. The molecule has 0 aromatic rings. The SMILES string of the molecule is CCCCCCCCCCCCCCCCCCN(C(=O)CCCCCCCCCCCCCCCCC)C1O[C@H](CO)[C@@H](O)[C@H](O)[C@H]1NC(=O)[C@@H](C)N. The van der Waals surface area contributed by atoms with Crippen LogP contribution < -0.4 is 11.1 Å². The minimum atomic E-state index is -1.42. The standard InChI is InChI=1S/C45H89N3O6/c1-4-6-8-10-12-14-16-18-20-22-24-26-28-30-32-34-36-48(45-41(47-44(53)38(3)46)43(52)42(51)39(37-49)54-45)40(50)35-33-31-29-27-25-23-21-19-17-15-13-11-9-7-5-2/h38-39,41-43,45,49,51-52H,4-37,46H2,1-3H3,(H,47,53)/t38-,39-,41-,42-,43-,45?/m1/s1. The van der Waals surface area contributed by atoms with Gasteiger partial charge in [0.2, 0.25) is 11.8 Å². The van der Waals surface area contributed by atoms with Crippen molar-refractivity contribution < 1.29 is 29.6 Å². The molecular weight excluding hydrogens is 679 g/mol. The van der Waals surface area contributed by atoms with Crippen LogP contribution in [0.3, 0.4) is 0 Å². The molecule has 1 unspecified atom stereocenters. The fraction of sp³-hybridized carbons (Fsp3) is 0.956. The molecule has 1 rings (SSSR count). The van der Waals surface area contributed by atoms with E-state index in [0.29, 0.717) is 13.0 Å². The van der Waals surface area contributed by atoms with Crippen LogP contribution in [0.1, 0.15) is 226 Å². The first-order chi connectivity index (χ1) is 26.3. The van der Waals surface area contributed by atoms with Crippen LogP contribution in [0.5, 0.6) is 0 Å². The average Bonchev–Trinajstić information content (AvgIpc) is 3.16. The van der Waals surface area contributed by atoms with Gasteiger partial charge in [-0.1, -0.05) is 200 Å². The van der Waals surface area contributed by atoms with Gasteiger partial charge in [0, 0.05) is 13.0 Å². The zero-order chi connectivity index (χ0) is 39.7. The first kappa shape index (κ1) is 50.8. The maximum atomic E-state index is 13.8. The van der Waals surface area contributed by atoms with E-state index < -0.39 is 49.1 Å². The van der Waals surface area contributed by atoms with Gasteiger partial charge in [-0.3, -0.25) is 9.59 Å². The Morgan fingerprint density at radius 1 is 0.593 bits per heavy atom. The molecule has 1 saturated heterocycles. The highest BCUT2D eigenvalue weighted by Gasteiger charge is 2.48. The molecule has 9 heteroatoms. The summed E-state index contributed by atoms with van der Waals surface area (Å²) in [4.78, 5) is 28.1. The molecule has 0 aromatic carbocycles. The first-order valence-corrected chi connectivity index (χ1v) is 23.3. The Morgan fingerprint density at radius 3 is 1.30 bits per heavy atom. The van der Waals surface area contributed by atoms with Crippen molar-refractivity contribution in [1.29, 1.82) is 0 Å². The molecule has 0 aliphatic carbocycles. The van der Waals surface area contributed by atoms with E-state index in [0.717, 1.165) is 38.5 Å². The number of hydrogen-bond acceptors (Lipinski definition) is 7. The Kier molecular flexibility index (Phi) is 32.8. The van der Waals surface area contributed by atoms with Gasteiger partial charge in [-0.2, -0.15) is 0 Å². The van der Waals surface area contributed by atoms with Crippen LogP contribution >= 0.6 is 0 Å². The summed E-state index contributed by atoms with van der Waals surface area (Å²) in [5.41, 5.74) is 5.82. The number of amides is 2. The quantitative estimate of drug-likeness (QED) is 0.0396. The number of aliphatic hydroxyl groups excluding tert-OH is 3. The maximum Gasteiger partial charge on any atom is 0.237 e. The predicted molar refractivity (Wildman–Crippen MR) is 224 cm³/mol. The molecule has 0 saturated carbocycles. The molecule has 0 radical (unpaired) electrons. The topological polar surface area (TPSA) is 145 Å². The van der Waals surface area contributed by atoms with E-state index in [1.54, 1.807) is 11.8 Å². The number of carbonyl (C=O) groups is 2. The molecule has 0 spiro atoms. The zero-order valence-corrected chi connectivity index (χ0v) is 35.6. The number of rotatable bonds is 37. The minimum absolute atomic E-state index is 0.0871. The van der Waals surface area contributed by atoms with Crippen molar-refractivity contribution in [2.75, 3.05) is 13.2 Å². The Morgan fingerprint density at radius 2 is 0.944 bits per heavy atom. The van der Waals surface area contributed by atoms with E-state index in [1.807, 2.05) is 0 Å². The highest BCUT2D eigenvalue weighted by Crippen LogP contribution is 2.26. The summed E-state index contributed by atoms with van der Waals surface area (Å²) in [6.45, 7) is 5.99. The highest BCUT2D eigenvalue weighted by atomic mass is 16.5. The summed E-state index contributed by atoms with van der Waals surface area (Å²) in [6.07, 6.45) is 34.4. The second-order valence-corrected chi connectivity index (χ2v) is 16.6. The average molecular weight is 768 g/mol. The molecule has 320 valence electrons. The van der Waals surface area contributed by atoms with Gasteiger partial charge in [0.25, 0.3) is 0 Å². The lowest BCUT2D eigenvalue weighted by Gasteiger charge is -2.47. The highest BCUT2D eigenvalue weighted by molar-refractivity contribution is 5.81. The van der Waals surface area contributed by atoms with E-state index in [1.165, 1.54) is 161 Å². The van der Waals surface area contributed by atoms with Gasteiger partial charge in [-0.05, 0) is 19.8 Å². The third kappa shape index (κ3) is 24.4. The van der Waals surface area contributed by atoms with E-state index in [2.05, 4.69) is 19.2 Å². The monoisotopic (exact) mass is 768 g/mol. The fourth-order valence-electron chi connectivity index (χ4n) is 7.83. The van der Waals surface area contributed by atoms with Gasteiger partial charge in [0.1, 0.15) is 24.4 Å². The number of carbonyl (C=O) groups excluding carboxylic acids is 2. The lowest BCUT2D eigenvalue weighted by molar-refractivity contribution is -0.231. The number of nitrogens with zero attached hydrogens (tertiary/aromatic N) is 1. The molecule has 1 aliphatic heterocycles. The van der Waals surface area contributed by atoms with Crippen molar-refractivity contribution in [2.45, 2.75) is 263 Å². The lowest BCUT2D eigenvalue weighted by atomic mass is 9.94. The van der Waals surface area contributed by atoms with E-state index in [4.69, 9.17) is 10.5 Å². The Labute approximate surface area is 332 Å². The first-order valence-electron chi connectivity index (χ1n) is 23.3. The third-order valence-electron chi connectivity index (χ3n) is 11.5. The van der Waals surface area contributed by atoms with E-state index >= 15 is 0 Å². The van der Waals surface area contributed by atoms with Crippen molar-refractivity contribution in [3.63, 3.8) is 0 Å². The van der Waals surface area contributed by atoms with Gasteiger partial charge in [-0.25, -0.2) is 0 Å². The van der Waals surface area contributed by atoms with Gasteiger partial charge in [0.05, 0.1) is 12.6 Å². The van der Waals surface area contributed by atoms with Crippen molar-refractivity contribution in [3.8, 4) is 0 Å². The summed E-state index contributed by atoms with van der Waals surface area (Å²) >= 11 is 0. The van der Waals surface area contributed by atoms with Gasteiger partial charge < -0.3 is 36.0 Å². The zero-order valence-electron chi connectivity index (χ0n) is 35.6. The number of nitrogens with two attached hydrogens (primary N) is 1. The molecule has 9 nitrogen and oxygen atoms in total. The number of nitrogens with one attached hydrogen (secondary N) is 1. The van der Waals surface area contributed by atoms with Crippen LogP contribution in [0.25, 0.3) is 0 Å². The molecular formula is C45H89N3O6. The van der Waals surface area contributed by atoms with Crippen molar-refractivity contribution in [3.05, 3.63) is 0 Å². The summed E-state index contributed by atoms with van der Waals surface area (Å²) in [6, 6.07) is -1.90. The fourth-order valence-corrected chi connectivity index (χ4v) is 7.83. The Bertz CT molecular complexity index is 876. The predicted octanol–water partition coefficient (Wildman–Crippen LogP) is 9.61. The van der Waals surface area contributed by atoms with Gasteiger partial charge >= 0.3 is 0 Å². The smallest absolute Gasteiger partial charge is 0.237 e. The van der Waals surface area contributed by atoms with E-state index in [9.17, 15) is 24.9 Å². The molecule has 1 aliphatic rings.